The fourth-order valence-corrected chi connectivity index (χ4v) is 3.99. The zero-order valence-electron chi connectivity index (χ0n) is 16.7. The Morgan fingerprint density at radius 3 is 2.33 bits per heavy atom. The van der Waals surface area contributed by atoms with E-state index in [1.165, 1.54) is 4.90 Å². The lowest BCUT2D eigenvalue weighted by molar-refractivity contribution is -0.133. The number of carbonyl (C=O) groups excluding carboxylic acids is 3. The summed E-state index contributed by atoms with van der Waals surface area (Å²) in [5, 5.41) is 6.31. The van der Waals surface area contributed by atoms with E-state index in [-0.39, 0.29) is 24.5 Å². The van der Waals surface area contributed by atoms with Crippen molar-refractivity contribution in [3.05, 3.63) is 64.7 Å². The molecule has 7 nitrogen and oxygen atoms in total. The average molecular weight is 427 g/mol. The highest BCUT2D eigenvalue weighted by atomic mass is 35.5. The summed E-state index contributed by atoms with van der Waals surface area (Å²) in [7, 11) is 0. The van der Waals surface area contributed by atoms with Gasteiger partial charge in [0.15, 0.2) is 0 Å². The van der Waals surface area contributed by atoms with Gasteiger partial charge in [0, 0.05) is 23.8 Å². The van der Waals surface area contributed by atoms with Crippen molar-refractivity contribution in [2.24, 2.45) is 0 Å². The molecular formula is C22H23ClN4O3. The lowest BCUT2D eigenvalue weighted by Gasteiger charge is -2.37. The highest BCUT2D eigenvalue weighted by Crippen LogP contribution is 2.30. The first-order valence-corrected chi connectivity index (χ1v) is 10.3. The number of carbonyl (C=O) groups is 3. The maximum absolute atomic E-state index is 13.1. The van der Waals surface area contributed by atoms with E-state index in [9.17, 15) is 14.4 Å². The van der Waals surface area contributed by atoms with Crippen molar-refractivity contribution in [1.29, 1.82) is 0 Å². The van der Waals surface area contributed by atoms with Crippen molar-refractivity contribution < 1.29 is 14.4 Å². The third kappa shape index (κ3) is 3.98. The molecule has 0 saturated carbocycles. The Bertz CT molecular complexity index is 967. The number of hydrogen-bond donors (Lipinski definition) is 2. The molecule has 0 atom stereocenters. The molecule has 0 aromatic heterocycles. The van der Waals surface area contributed by atoms with Crippen molar-refractivity contribution in [2.45, 2.75) is 31.8 Å². The van der Waals surface area contributed by atoms with E-state index < -0.39 is 5.54 Å². The molecule has 30 heavy (non-hydrogen) atoms. The van der Waals surface area contributed by atoms with Gasteiger partial charge in [-0.25, -0.2) is 9.59 Å². The lowest BCUT2D eigenvalue weighted by atomic mass is 9.87. The zero-order valence-corrected chi connectivity index (χ0v) is 17.4. The first-order chi connectivity index (χ1) is 14.4. The SMILES string of the molecule is Cc1ccc(CN2C(=O)NC3(CCN(C(=O)Nc4ccc(Cl)cc4)CC3)C2=O)cc1. The molecule has 156 valence electrons. The highest BCUT2D eigenvalue weighted by molar-refractivity contribution is 6.30. The van der Waals surface area contributed by atoms with Crippen LogP contribution in [0.1, 0.15) is 24.0 Å². The van der Waals surface area contributed by atoms with Crippen LogP contribution in [0.25, 0.3) is 0 Å². The molecule has 1 spiro atoms. The Balaban J connectivity index is 1.38. The largest absolute Gasteiger partial charge is 0.325 e. The van der Waals surface area contributed by atoms with Gasteiger partial charge < -0.3 is 15.5 Å². The maximum atomic E-state index is 13.1. The molecule has 5 amide bonds. The summed E-state index contributed by atoms with van der Waals surface area (Å²) >= 11 is 5.87. The topological polar surface area (TPSA) is 81.8 Å². The van der Waals surface area contributed by atoms with E-state index >= 15 is 0 Å². The molecule has 2 fully saturated rings. The average Bonchev–Trinajstić information content (AvgIpc) is 2.96. The molecule has 2 saturated heterocycles. The summed E-state index contributed by atoms with van der Waals surface area (Å²) in [6.45, 7) is 2.99. The first-order valence-electron chi connectivity index (χ1n) is 9.87. The van der Waals surface area contributed by atoms with Gasteiger partial charge in [-0.3, -0.25) is 9.69 Å². The Kier molecular flexibility index (Phi) is 5.39. The first kappa shape index (κ1) is 20.2. The summed E-state index contributed by atoms with van der Waals surface area (Å²) in [5.74, 6) is -0.217. The molecular weight excluding hydrogens is 404 g/mol. The smallest absolute Gasteiger partial charge is 0.324 e. The summed E-state index contributed by atoms with van der Waals surface area (Å²) in [4.78, 5) is 41.0. The number of anilines is 1. The van der Waals surface area contributed by atoms with Crippen LogP contribution in [0.15, 0.2) is 48.5 Å². The standard InChI is InChI=1S/C22H23ClN4O3/c1-15-2-4-16(5-3-15)14-27-19(28)22(25-21(27)30)10-12-26(13-11-22)20(29)24-18-8-6-17(23)7-9-18/h2-9H,10-14H2,1H3,(H,24,29)(H,25,30). The van der Waals surface area contributed by atoms with Crippen LogP contribution in [0, 0.1) is 6.92 Å². The van der Waals surface area contributed by atoms with Crippen molar-refractivity contribution in [3.8, 4) is 0 Å². The molecule has 0 bridgehead atoms. The van der Waals surface area contributed by atoms with E-state index in [1.54, 1.807) is 29.2 Å². The number of nitrogens with one attached hydrogen (secondary N) is 2. The number of benzene rings is 2. The number of aryl methyl sites for hydroxylation is 1. The minimum absolute atomic E-state index is 0.217. The Labute approximate surface area is 180 Å². The fraction of sp³-hybridized carbons (Fsp3) is 0.318. The van der Waals surface area contributed by atoms with Crippen LogP contribution in [-0.2, 0) is 11.3 Å². The predicted molar refractivity (Wildman–Crippen MR) is 114 cm³/mol. The van der Waals surface area contributed by atoms with Crippen LogP contribution in [0.4, 0.5) is 15.3 Å². The third-order valence-corrected chi connectivity index (χ3v) is 5.96. The number of amides is 5. The van der Waals surface area contributed by atoms with Crippen molar-refractivity contribution in [2.75, 3.05) is 18.4 Å². The molecule has 0 aliphatic carbocycles. The van der Waals surface area contributed by atoms with Crippen LogP contribution in [0.2, 0.25) is 5.02 Å². The molecule has 8 heteroatoms. The predicted octanol–water partition coefficient (Wildman–Crippen LogP) is 3.77. The molecule has 2 heterocycles. The van der Waals surface area contributed by atoms with Crippen LogP contribution in [0.3, 0.4) is 0 Å². The molecule has 2 aliphatic heterocycles. The Hall–Kier alpha value is -3.06. The van der Waals surface area contributed by atoms with Gasteiger partial charge in [0.1, 0.15) is 5.54 Å². The van der Waals surface area contributed by atoms with E-state index in [4.69, 9.17) is 11.6 Å². The lowest BCUT2D eigenvalue weighted by Crippen LogP contribution is -2.56. The van der Waals surface area contributed by atoms with Crippen molar-refractivity contribution in [1.82, 2.24) is 15.1 Å². The quantitative estimate of drug-likeness (QED) is 0.733. The minimum Gasteiger partial charge on any atom is -0.324 e. The zero-order chi connectivity index (χ0) is 21.3. The second-order valence-electron chi connectivity index (χ2n) is 7.81. The molecule has 4 rings (SSSR count). The minimum atomic E-state index is -0.932. The van der Waals surface area contributed by atoms with Crippen molar-refractivity contribution >= 4 is 35.3 Å². The number of likely N-dealkylation sites (tertiary alicyclic amines) is 1. The van der Waals surface area contributed by atoms with E-state index in [2.05, 4.69) is 10.6 Å². The van der Waals surface area contributed by atoms with Gasteiger partial charge in [-0.1, -0.05) is 41.4 Å². The van der Waals surface area contributed by atoms with Crippen LogP contribution in [-0.4, -0.2) is 46.4 Å². The summed E-state index contributed by atoms with van der Waals surface area (Å²) in [6.07, 6.45) is 0.770. The van der Waals surface area contributed by atoms with Gasteiger partial charge in [-0.2, -0.15) is 0 Å². The van der Waals surface area contributed by atoms with Gasteiger partial charge in [0.05, 0.1) is 6.54 Å². The monoisotopic (exact) mass is 426 g/mol. The van der Waals surface area contributed by atoms with Crippen molar-refractivity contribution in [3.63, 3.8) is 0 Å². The van der Waals surface area contributed by atoms with E-state index in [1.807, 2.05) is 31.2 Å². The molecule has 2 aromatic rings. The molecule has 0 unspecified atom stereocenters. The van der Waals surface area contributed by atoms with Crippen LogP contribution < -0.4 is 10.6 Å². The Morgan fingerprint density at radius 2 is 1.70 bits per heavy atom. The number of urea groups is 2. The second-order valence-corrected chi connectivity index (χ2v) is 8.25. The second kappa shape index (κ2) is 7.99. The number of hydrogen-bond acceptors (Lipinski definition) is 3. The fourth-order valence-electron chi connectivity index (χ4n) is 3.86. The normalized spacial score (nSPS) is 17.9. The Morgan fingerprint density at radius 1 is 1.07 bits per heavy atom. The van der Waals surface area contributed by atoms with Crippen LogP contribution >= 0.6 is 11.6 Å². The number of piperidine rings is 1. The van der Waals surface area contributed by atoms with Gasteiger partial charge >= 0.3 is 12.1 Å². The molecule has 2 N–H and O–H groups in total. The van der Waals surface area contributed by atoms with E-state index in [0.717, 1.165) is 11.1 Å². The number of halogens is 1. The maximum Gasteiger partial charge on any atom is 0.325 e. The molecule has 2 aliphatic rings. The number of nitrogens with zero attached hydrogens (tertiary/aromatic N) is 2. The summed E-state index contributed by atoms with van der Waals surface area (Å²) in [6, 6.07) is 14.0. The van der Waals surface area contributed by atoms with E-state index in [0.29, 0.717) is 36.6 Å². The third-order valence-electron chi connectivity index (χ3n) is 5.71. The van der Waals surface area contributed by atoms with Crippen LogP contribution in [0.5, 0.6) is 0 Å². The molecule has 2 aromatic carbocycles. The summed E-state index contributed by atoms with van der Waals surface area (Å²) in [5.41, 5.74) is 1.75. The van der Waals surface area contributed by atoms with Gasteiger partial charge in [0.2, 0.25) is 0 Å². The van der Waals surface area contributed by atoms with Gasteiger partial charge in [0.25, 0.3) is 5.91 Å². The van der Waals surface area contributed by atoms with Gasteiger partial charge in [-0.05, 0) is 49.6 Å². The van der Waals surface area contributed by atoms with Gasteiger partial charge in [-0.15, -0.1) is 0 Å². The molecule has 0 radical (unpaired) electrons. The highest BCUT2D eigenvalue weighted by Gasteiger charge is 2.52. The number of rotatable bonds is 3. The number of imide groups is 1. The summed E-state index contributed by atoms with van der Waals surface area (Å²) < 4.78 is 0.